The van der Waals surface area contributed by atoms with Crippen molar-refractivity contribution in [2.24, 2.45) is 5.73 Å². The Morgan fingerprint density at radius 3 is 2.56 bits per heavy atom. The molecule has 18 heavy (non-hydrogen) atoms. The van der Waals surface area contributed by atoms with Crippen LogP contribution in [0.2, 0.25) is 0 Å². The van der Waals surface area contributed by atoms with Crippen LogP contribution in [0.15, 0.2) is 48.8 Å². The van der Waals surface area contributed by atoms with Crippen LogP contribution in [-0.2, 0) is 0 Å². The minimum Gasteiger partial charge on any atom is -0.366 e. The van der Waals surface area contributed by atoms with Crippen LogP contribution >= 0.6 is 11.3 Å². The first-order valence-electron chi connectivity index (χ1n) is 5.49. The number of nitrogens with zero attached hydrogens (tertiary/aromatic N) is 1. The number of pyridine rings is 1. The van der Waals surface area contributed by atoms with E-state index in [4.69, 9.17) is 5.73 Å². The summed E-state index contributed by atoms with van der Waals surface area (Å²) in [7, 11) is 0. The van der Waals surface area contributed by atoms with Gasteiger partial charge in [-0.25, -0.2) is 0 Å². The highest BCUT2D eigenvalue weighted by Crippen LogP contribution is 2.37. The van der Waals surface area contributed by atoms with Crippen molar-refractivity contribution in [3.63, 3.8) is 0 Å². The maximum absolute atomic E-state index is 11.7. The Morgan fingerprint density at radius 1 is 1.11 bits per heavy atom. The van der Waals surface area contributed by atoms with Crippen LogP contribution < -0.4 is 5.73 Å². The molecular formula is C14H10N2OS. The summed E-state index contributed by atoms with van der Waals surface area (Å²) in [6.45, 7) is 0. The number of benzene rings is 1. The third-order valence-corrected chi connectivity index (χ3v) is 4.00. The van der Waals surface area contributed by atoms with E-state index in [1.54, 1.807) is 23.7 Å². The quantitative estimate of drug-likeness (QED) is 0.764. The fraction of sp³-hybridized carbons (Fsp3) is 0. The van der Waals surface area contributed by atoms with E-state index in [2.05, 4.69) is 4.98 Å². The molecule has 2 heterocycles. The number of fused-ring (bicyclic) bond motifs is 1. The smallest absolute Gasteiger partial charge is 0.250 e. The third-order valence-electron chi connectivity index (χ3n) is 2.78. The number of rotatable bonds is 2. The van der Waals surface area contributed by atoms with Gasteiger partial charge in [-0.1, -0.05) is 18.2 Å². The van der Waals surface area contributed by atoms with Crippen LogP contribution in [0, 0.1) is 0 Å². The van der Waals surface area contributed by atoms with Crippen molar-refractivity contribution >= 4 is 27.3 Å². The van der Waals surface area contributed by atoms with E-state index < -0.39 is 0 Å². The Morgan fingerprint density at radius 2 is 1.83 bits per heavy atom. The number of primary amides is 1. The van der Waals surface area contributed by atoms with Crippen LogP contribution in [0.3, 0.4) is 0 Å². The maximum atomic E-state index is 11.7. The van der Waals surface area contributed by atoms with Gasteiger partial charge in [-0.3, -0.25) is 9.78 Å². The van der Waals surface area contributed by atoms with E-state index >= 15 is 0 Å². The number of thiophene rings is 1. The standard InChI is InChI=1S/C14H10N2OS/c15-14(17)12-10-3-1-2-4-11(10)18-13(12)9-5-7-16-8-6-9/h1-8H,(H2,15,17). The molecule has 0 saturated heterocycles. The van der Waals surface area contributed by atoms with E-state index in [-0.39, 0.29) is 5.91 Å². The highest BCUT2D eigenvalue weighted by Gasteiger charge is 2.17. The number of hydrogen-bond donors (Lipinski definition) is 1. The zero-order chi connectivity index (χ0) is 12.5. The molecule has 0 bridgehead atoms. The Kier molecular flexibility index (Phi) is 2.57. The summed E-state index contributed by atoms with van der Waals surface area (Å²) in [6.07, 6.45) is 3.43. The second-order valence-corrected chi connectivity index (χ2v) is 4.95. The molecular weight excluding hydrogens is 244 g/mol. The molecule has 0 aliphatic heterocycles. The summed E-state index contributed by atoms with van der Waals surface area (Å²) in [4.78, 5) is 16.6. The first kappa shape index (κ1) is 10.9. The van der Waals surface area contributed by atoms with Crippen molar-refractivity contribution in [2.75, 3.05) is 0 Å². The summed E-state index contributed by atoms with van der Waals surface area (Å²) >= 11 is 1.58. The van der Waals surface area contributed by atoms with Crippen molar-refractivity contribution in [2.45, 2.75) is 0 Å². The molecule has 0 spiro atoms. The maximum Gasteiger partial charge on any atom is 0.250 e. The molecule has 0 aliphatic carbocycles. The number of hydrogen-bond acceptors (Lipinski definition) is 3. The number of carbonyl (C=O) groups is 1. The minimum atomic E-state index is -0.390. The summed E-state index contributed by atoms with van der Waals surface area (Å²) in [5, 5.41) is 0.918. The Labute approximate surface area is 108 Å². The molecule has 2 N–H and O–H groups in total. The second-order valence-electron chi connectivity index (χ2n) is 3.90. The Hall–Kier alpha value is -2.20. The highest BCUT2D eigenvalue weighted by atomic mass is 32.1. The lowest BCUT2D eigenvalue weighted by Crippen LogP contribution is -2.11. The van der Waals surface area contributed by atoms with Gasteiger partial charge in [0.2, 0.25) is 0 Å². The second kappa shape index (κ2) is 4.23. The fourth-order valence-electron chi connectivity index (χ4n) is 2.00. The SMILES string of the molecule is NC(=O)c1c(-c2ccncc2)sc2ccccc12. The van der Waals surface area contributed by atoms with Crippen LogP contribution in [0.1, 0.15) is 10.4 Å². The van der Waals surface area contributed by atoms with Crippen molar-refractivity contribution in [3.8, 4) is 10.4 Å². The van der Waals surface area contributed by atoms with Crippen LogP contribution in [0.5, 0.6) is 0 Å². The van der Waals surface area contributed by atoms with Gasteiger partial charge in [0.25, 0.3) is 5.91 Å². The summed E-state index contributed by atoms with van der Waals surface area (Å²) in [6, 6.07) is 11.6. The molecule has 3 nitrogen and oxygen atoms in total. The van der Waals surface area contributed by atoms with Crippen molar-refractivity contribution in [1.82, 2.24) is 4.98 Å². The molecule has 2 aromatic heterocycles. The third kappa shape index (κ3) is 1.67. The number of nitrogens with two attached hydrogens (primary N) is 1. The van der Waals surface area contributed by atoms with Crippen LogP contribution in [0.4, 0.5) is 0 Å². The van der Waals surface area contributed by atoms with Gasteiger partial charge >= 0.3 is 0 Å². The molecule has 3 rings (SSSR count). The topological polar surface area (TPSA) is 56.0 Å². The zero-order valence-electron chi connectivity index (χ0n) is 9.46. The molecule has 1 amide bonds. The lowest BCUT2D eigenvalue weighted by Gasteiger charge is -2.00. The largest absolute Gasteiger partial charge is 0.366 e. The van der Waals surface area contributed by atoms with Gasteiger partial charge in [0.05, 0.1) is 5.56 Å². The van der Waals surface area contributed by atoms with Gasteiger partial charge in [0.15, 0.2) is 0 Å². The van der Waals surface area contributed by atoms with E-state index in [0.717, 1.165) is 20.5 Å². The number of amides is 1. The van der Waals surface area contributed by atoms with Crippen LogP contribution in [-0.4, -0.2) is 10.9 Å². The van der Waals surface area contributed by atoms with Crippen molar-refractivity contribution in [3.05, 3.63) is 54.4 Å². The molecule has 0 unspecified atom stereocenters. The molecule has 0 fully saturated rings. The fourth-order valence-corrected chi connectivity index (χ4v) is 3.21. The van der Waals surface area contributed by atoms with Gasteiger partial charge in [-0.05, 0) is 23.8 Å². The van der Waals surface area contributed by atoms with E-state index in [1.807, 2.05) is 36.4 Å². The van der Waals surface area contributed by atoms with E-state index in [9.17, 15) is 4.79 Å². The zero-order valence-corrected chi connectivity index (χ0v) is 10.3. The predicted octanol–water partition coefficient (Wildman–Crippen LogP) is 3.06. The molecule has 0 aliphatic rings. The van der Waals surface area contributed by atoms with Crippen molar-refractivity contribution < 1.29 is 4.79 Å². The predicted molar refractivity (Wildman–Crippen MR) is 73.6 cm³/mol. The van der Waals surface area contributed by atoms with E-state index in [1.165, 1.54) is 0 Å². The molecule has 0 radical (unpaired) electrons. The molecule has 0 atom stereocenters. The van der Waals surface area contributed by atoms with E-state index in [0.29, 0.717) is 5.56 Å². The lowest BCUT2D eigenvalue weighted by atomic mass is 10.1. The molecule has 4 heteroatoms. The van der Waals surface area contributed by atoms with Crippen molar-refractivity contribution in [1.29, 1.82) is 0 Å². The average molecular weight is 254 g/mol. The summed E-state index contributed by atoms with van der Waals surface area (Å²) in [5.41, 5.74) is 7.09. The van der Waals surface area contributed by atoms with Gasteiger partial charge in [-0.15, -0.1) is 11.3 Å². The van der Waals surface area contributed by atoms with Gasteiger partial charge in [0.1, 0.15) is 0 Å². The summed E-state index contributed by atoms with van der Waals surface area (Å²) < 4.78 is 1.07. The monoisotopic (exact) mass is 254 g/mol. The molecule has 1 aromatic carbocycles. The number of carbonyl (C=O) groups excluding carboxylic acids is 1. The van der Waals surface area contributed by atoms with Gasteiger partial charge < -0.3 is 5.73 Å². The Bertz CT molecular complexity index is 719. The number of aromatic nitrogens is 1. The van der Waals surface area contributed by atoms with Gasteiger partial charge in [0, 0.05) is 27.4 Å². The first-order valence-corrected chi connectivity index (χ1v) is 6.31. The minimum absolute atomic E-state index is 0.390. The Balaban J connectivity index is 2.36. The first-order chi connectivity index (χ1) is 8.77. The van der Waals surface area contributed by atoms with Gasteiger partial charge in [-0.2, -0.15) is 0 Å². The molecule has 0 saturated carbocycles. The molecule has 88 valence electrons. The normalized spacial score (nSPS) is 10.7. The highest BCUT2D eigenvalue weighted by molar-refractivity contribution is 7.22. The average Bonchev–Trinajstić information content (AvgIpc) is 2.79. The summed E-state index contributed by atoms with van der Waals surface area (Å²) in [5.74, 6) is -0.390. The molecule has 3 aromatic rings. The lowest BCUT2D eigenvalue weighted by molar-refractivity contribution is 0.100. The van der Waals surface area contributed by atoms with Crippen LogP contribution in [0.25, 0.3) is 20.5 Å².